The van der Waals surface area contributed by atoms with E-state index in [1.165, 1.54) is 4.31 Å². The molecule has 0 amide bonds. The summed E-state index contributed by atoms with van der Waals surface area (Å²) in [4.78, 5) is 0. The van der Waals surface area contributed by atoms with Crippen LogP contribution >= 0.6 is 0 Å². The second-order valence-electron chi connectivity index (χ2n) is 3.38. The molecule has 0 rings (SSSR count). The van der Waals surface area contributed by atoms with Crippen molar-refractivity contribution in [3.8, 4) is 0 Å². The minimum absolute atomic E-state index is 0.173. The molecule has 0 aliphatic carbocycles. The van der Waals surface area contributed by atoms with Crippen molar-refractivity contribution in [3.63, 3.8) is 0 Å². The van der Waals surface area contributed by atoms with Crippen molar-refractivity contribution in [1.82, 2.24) is 4.31 Å². The molecule has 0 aromatic rings. The standard InChI is InChI=1S/C8H19NO3S/c1-4-9(7-8(2)3)13(11,12)6-5-10/h8,10H,4-7H2,1-3H3. The van der Waals surface area contributed by atoms with Crippen LogP contribution in [0.4, 0.5) is 0 Å². The van der Waals surface area contributed by atoms with Crippen LogP contribution in [0.25, 0.3) is 0 Å². The second kappa shape index (κ2) is 5.57. The van der Waals surface area contributed by atoms with Gasteiger partial charge in [-0.1, -0.05) is 20.8 Å². The Morgan fingerprint density at radius 2 is 1.92 bits per heavy atom. The summed E-state index contributed by atoms with van der Waals surface area (Å²) in [6, 6.07) is 0. The van der Waals surface area contributed by atoms with Crippen molar-refractivity contribution < 1.29 is 13.5 Å². The molecule has 4 nitrogen and oxygen atoms in total. The van der Waals surface area contributed by atoms with E-state index in [9.17, 15) is 8.42 Å². The third kappa shape index (κ3) is 4.59. The molecule has 0 heterocycles. The van der Waals surface area contributed by atoms with Gasteiger partial charge in [-0.05, 0) is 5.92 Å². The van der Waals surface area contributed by atoms with E-state index in [1.807, 2.05) is 13.8 Å². The van der Waals surface area contributed by atoms with E-state index in [1.54, 1.807) is 6.92 Å². The predicted molar refractivity (Wildman–Crippen MR) is 53.0 cm³/mol. The fraction of sp³-hybridized carbons (Fsp3) is 1.00. The average molecular weight is 209 g/mol. The molecule has 0 spiro atoms. The molecule has 0 unspecified atom stereocenters. The summed E-state index contributed by atoms with van der Waals surface area (Å²) >= 11 is 0. The molecule has 80 valence electrons. The Morgan fingerprint density at radius 1 is 1.38 bits per heavy atom. The van der Waals surface area contributed by atoms with E-state index < -0.39 is 10.0 Å². The van der Waals surface area contributed by atoms with Gasteiger partial charge in [0.25, 0.3) is 0 Å². The van der Waals surface area contributed by atoms with E-state index >= 15 is 0 Å². The number of rotatable bonds is 6. The zero-order chi connectivity index (χ0) is 10.5. The van der Waals surface area contributed by atoms with Gasteiger partial charge < -0.3 is 5.11 Å². The van der Waals surface area contributed by atoms with E-state index in [0.717, 1.165) is 0 Å². The van der Waals surface area contributed by atoms with Crippen LogP contribution in [0.2, 0.25) is 0 Å². The Balaban J connectivity index is 4.38. The van der Waals surface area contributed by atoms with Gasteiger partial charge in [0.2, 0.25) is 10.0 Å². The zero-order valence-electron chi connectivity index (χ0n) is 8.52. The highest BCUT2D eigenvalue weighted by Gasteiger charge is 2.19. The quantitative estimate of drug-likeness (QED) is 0.684. The first-order chi connectivity index (χ1) is 5.94. The average Bonchev–Trinajstić information content (AvgIpc) is 1.99. The SMILES string of the molecule is CCN(CC(C)C)S(=O)(=O)CCO. The Hall–Kier alpha value is -0.130. The van der Waals surface area contributed by atoms with Crippen LogP contribution < -0.4 is 0 Å². The number of aliphatic hydroxyl groups is 1. The maximum Gasteiger partial charge on any atom is 0.216 e. The van der Waals surface area contributed by atoms with E-state index in [2.05, 4.69) is 0 Å². The summed E-state index contributed by atoms with van der Waals surface area (Å²) in [6.07, 6.45) is 0. The van der Waals surface area contributed by atoms with Gasteiger partial charge in [0.1, 0.15) is 0 Å². The molecule has 0 saturated carbocycles. The maximum atomic E-state index is 11.5. The highest BCUT2D eigenvalue weighted by molar-refractivity contribution is 7.89. The fourth-order valence-corrected chi connectivity index (χ4v) is 2.50. The molecule has 0 aromatic heterocycles. The van der Waals surface area contributed by atoms with E-state index in [0.29, 0.717) is 19.0 Å². The molecular weight excluding hydrogens is 190 g/mol. The smallest absolute Gasteiger partial charge is 0.216 e. The highest BCUT2D eigenvalue weighted by Crippen LogP contribution is 2.05. The second-order valence-corrected chi connectivity index (χ2v) is 5.47. The monoisotopic (exact) mass is 209 g/mol. The molecule has 0 aliphatic heterocycles. The Bertz CT molecular complexity index is 224. The van der Waals surface area contributed by atoms with Gasteiger partial charge >= 0.3 is 0 Å². The molecule has 0 atom stereocenters. The van der Waals surface area contributed by atoms with Gasteiger partial charge in [-0.3, -0.25) is 0 Å². The predicted octanol–water partition coefficient (Wildman–Crippen LogP) is 0.286. The van der Waals surface area contributed by atoms with Gasteiger partial charge in [0.15, 0.2) is 0 Å². The lowest BCUT2D eigenvalue weighted by Crippen LogP contribution is -2.36. The van der Waals surface area contributed by atoms with Crippen molar-refractivity contribution >= 4 is 10.0 Å². The van der Waals surface area contributed by atoms with E-state index in [-0.39, 0.29) is 12.4 Å². The van der Waals surface area contributed by atoms with Crippen LogP contribution in [0.15, 0.2) is 0 Å². The van der Waals surface area contributed by atoms with Gasteiger partial charge in [0.05, 0.1) is 12.4 Å². The maximum absolute atomic E-state index is 11.5. The third-order valence-electron chi connectivity index (χ3n) is 1.66. The number of hydrogen-bond donors (Lipinski definition) is 1. The molecule has 0 aromatic carbocycles. The molecule has 0 fully saturated rings. The normalized spacial score (nSPS) is 12.8. The number of aliphatic hydroxyl groups excluding tert-OH is 1. The molecule has 0 radical (unpaired) electrons. The molecule has 13 heavy (non-hydrogen) atoms. The summed E-state index contributed by atoms with van der Waals surface area (Å²) in [5, 5.41) is 8.57. The molecular formula is C8H19NO3S. The lowest BCUT2D eigenvalue weighted by molar-refractivity contribution is 0.312. The molecule has 5 heteroatoms. The highest BCUT2D eigenvalue weighted by atomic mass is 32.2. The summed E-state index contributed by atoms with van der Waals surface area (Å²) in [5.74, 6) is 0.140. The first kappa shape index (κ1) is 12.9. The van der Waals surface area contributed by atoms with Gasteiger partial charge in [0, 0.05) is 13.1 Å². The van der Waals surface area contributed by atoms with Crippen LogP contribution in [0, 0.1) is 5.92 Å². The molecule has 0 bridgehead atoms. The van der Waals surface area contributed by atoms with Crippen molar-refractivity contribution in [2.24, 2.45) is 5.92 Å². The van der Waals surface area contributed by atoms with E-state index in [4.69, 9.17) is 5.11 Å². The zero-order valence-corrected chi connectivity index (χ0v) is 9.34. The minimum Gasteiger partial charge on any atom is -0.395 e. The molecule has 0 aliphatic rings. The minimum atomic E-state index is -3.23. The number of sulfonamides is 1. The topological polar surface area (TPSA) is 57.6 Å². The van der Waals surface area contributed by atoms with Crippen molar-refractivity contribution in [3.05, 3.63) is 0 Å². The summed E-state index contributed by atoms with van der Waals surface area (Å²) in [7, 11) is -3.23. The Morgan fingerprint density at radius 3 is 2.23 bits per heavy atom. The first-order valence-electron chi connectivity index (χ1n) is 4.52. The fourth-order valence-electron chi connectivity index (χ4n) is 1.09. The lowest BCUT2D eigenvalue weighted by atomic mass is 10.2. The first-order valence-corrected chi connectivity index (χ1v) is 6.13. The van der Waals surface area contributed by atoms with Crippen LogP contribution in [-0.2, 0) is 10.0 Å². The van der Waals surface area contributed by atoms with Gasteiger partial charge in [-0.25, -0.2) is 12.7 Å². The van der Waals surface area contributed by atoms with Crippen molar-refractivity contribution in [1.29, 1.82) is 0 Å². The third-order valence-corrected chi connectivity index (χ3v) is 3.56. The molecule has 1 N–H and O–H groups in total. The molecule has 0 saturated heterocycles. The van der Waals surface area contributed by atoms with Gasteiger partial charge in [-0.2, -0.15) is 0 Å². The number of hydrogen-bond acceptors (Lipinski definition) is 3. The summed E-state index contributed by atoms with van der Waals surface area (Å²) < 4.78 is 24.3. The largest absolute Gasteiger partial charge is 0.395 e. The summed E-state index contributed by atoms with van der Waals surface area (Å²) in [6.45, 7) is 6.43. The van der Waals surface area contributed by atoms with Gasteiger partial charge in [-0.15, -0.1) is 0 Å². The van der Waals surface area contributed by atoms with Crippen LogP contribution in [-0.4, -0.2) is 43.3 Å². The lowest BCUT2D eigenvalue weighted by Gasteiger charge is -2.21. The van der Waals surface area contributed by atoms with Crippen LogP contribution in [0.3, 0.4) is 0 Å². The van der Waals surface area contributed by atoms with Crippen molar-refractivity contribution in [2.45, 2.75) is 20.8 Å². The van der Waals surface area contributed by atoms with Crippen molar-refractivity contribution in [2.75, 3.05) is 25.4 Å². The van der Waals surface area contributed by atoms with Crippen LogP contribution in [0.5, 0.6) is 0 Å². The van der Waals surface area contributed by atoms with Crippen LogP contribution in [0.1, 0.15) is 20.8 Å². The Kier molecular flexibility index (Phi) is 5.51. The summed E-state index contributed by atoms with van der Waals surface area (Å²) in [5.41, 5.74) is 0. The Labute approximate surface area is 80.6 Å². The number of nitrogens with zero attached hydrogens (tertiary/aromatic N) is 1.